The molecule has 1 heterocycles. The number of halogens is 2. The van der Waals surface area contributed by atoms with Crippen molar-refractivity contribution in [1.82, 2.24) is 9.55 Å². The topological polar surface area (TPSA) is 39.1 Å². The maximum absolute atomic E-state index is 13.4. The summed E-state index contributed by atoms with van der Waals surface area (Å²) in [5, 5.41) is 3.16. The van der Waals surface area contributed by atoms with Gasteiger partial charge < -0.3 is 14.6 Å². The number of anilines is 2. The van der Waals surface area contributed by atoms with E-state index in [1.807, 2.05) is 17.7 Å². The molecule has 1 aromatic heterocycles. The molecule has 6 heteroatoms. The van der Waals surface area contributed by atoms with Crippen LogP contribution >= 0.6 is 11.6 Å². The lowest BCUT2D eigenvalue weighted by molar-refractivity contribution is 0.163. The Balaban J connectivity index is 2.19. The van der Waals surface area contributed by atoms with Gasteiger partial charge >= 0.3 is 0 Å². The molecule has 0 radical (unpaired) electrons. The summed E-state index contributed by atoms with van der Waals surface area (Å²) in [4.78, 5) is 4.21. The minimum atomic E-state index is -0.463. The van der Waals surface area contributed by atoms with Gasteiger partial charge in [-0.15, -0.1) is 0 Å². The maximum atomic E-state index is 13.4. The van der Waals surface area contributed by atoms with E-state index >= 15 is 0 Å². The first-order chi connectivity index (χ1) is 9.11. The minimum Gasteiger partial charge on any atom is -0.383 e. The fourth-order valence-electron chi connectivity index (χ4n) is 1.79. The molecule has 0 aliphatic rings. The van der Waals surface area contributed by atoms with Crippen LogP contribution in [0.5, 0.6) is 0 Å². The second-order valence-electron chi connectivity index (χ2n) is 4.22. The average molecular weight is 284 g/mol. The highest BCUT2D eigenvalue weighted by Crippen LogP contribution is 2.22. The molecule has 0 aliphatic heterocycles. The van der Waals surface area contributed by atoms with Crippen LogP contribution in [0, 0.1) is 5.82 Å². The summed E-state index contributed by atoms with van der Waals surface area (Å²) in [5.41, 5.74) is 0.596. The maximum Gasteiger partial charge on any atom is 0.207 e. The lowest BCUT2D eigenvalue weighted by Crippen LogP contribution is -2.12. The number of aromatic nitrogens is 2. The predicted octanol–water partition coefficient (Wildman–Crippen LogP) is 3.63. The molecule has 0 spiro atoms. The first kappa shape index (κ1) is 13.8. The molecule has 0 saturated carbocycles. The van der Waals surface area contributed by atoms with Gasteiger partial charge in [-0.05, 0) is 25.1 Å². The molecule has 0 fully saturated rings. The fraction of sp³-hybridized carbons (Fsp3) is 0.308. The summed E-state index contributed by atoms with van der Waals surface area (Å²) >= 11 is 5.65. The summed E-state index contributed by atoms with van der Waals surface area (Å²) in [7, 11) is 1.65. The van der Waals surface area contributed by atoms with Crippen LogP contribution in [0.1, 0.15) is 13.0 Å². The Labute approximate surface area is 116 Å². The average Bonchev–Trinajstić information content (AvgIpc) is 2.82. The van der Waals surface area contributed by atoms with Crippen LogP contribution in [0.2, 0.25) is 5.02 Å². The Morgan fingerprint density at radius 1 is 1.53 bits per heavy atom. The number of hydrogen-bond acceptors (Lipinski definition) is 3. The molecular weight excluding hydrogens is 269 g/mol. The highest BCUT2D eigenvalue weighted by atomic mass is 35.5. The number of nitrogens with zero attached hydrogens (tertiary/aromatic N) is 2. The Hall–Kier alpha value is -1.59. The van der Waals surface area contributed by atoms with Gasteiger partial charge in [0.25, 0.3) is 0 Å². The van der Waals surface area contributed by atoms with Gasteiger partial charge in [0.15, 0.2) is 0 Å². The van der Waals surface area contributed by atoms with E-state index < -0.39 is 5.82 Å². The molecule has 2 rings (SSSR count). The monoisotopic (exact) mass is 283 g/mol. The van der Waals surface area contributed by atoms with E-state index in [1.54, 1.807) is 19.4 Å². The van der Waals surface area contributed by atoms with Crippen molar-refractivity contribution < 1.29 is 9.13 Å². The molecule has 0 amide bonds. The Morgan fingerprint density at radius 2 is 2.32 bits per heavy atom. The molecule has 0 aliphatic carbocycles. The lowest BCUT2D eigenvalue weighted by Gasteiger charge is -2.16. The molecule has 0 saturated heterocycles. The van der Waals surface area contributed by atoms with E-state index in [9.17, 15) is 4.39 Å². The number of rotatable bonds is 5. The standard InChI is InChI=1S/C13H15ClFN3O/c1-9(8-19-2)18-6-5-16-13(18)17-10-3-4-11(14)12(15)7-10/h3-7,9H,8H2,1-2H3,(H,16,17). The van der Waals surface area contributed by atoms with Crippen LogP contribution in [-0.4, -0.2) is 23.3 Å². The molecule has 4 nitrogen and oxygen atoms in total. The number of imidazole rings is 1. The number of ether oxygens (including phenoxy) is 1. The van der Waals surface area contributed by atoms with Crippen molar-refractivity contribution >= 4 is 23.2 Å². The first-order valence-corrected chi connectivity index (χ1v) is 6.23. The van der Waals surface area contributed by atoms with Crippen LogP contribution in [0.3, 0.4) is 0 Å². The number of methoxy groups -OCH3 is 1. The van der Waals surface area contributed by atoms with Crippen LogP contribution in [-0.2, 0) is 4.74 Å². The van der Waals surface area contributed by atoms with E-state index in [2.05, 4.69) is 10.3 Å². The molecule has 0 bridgehead atoms. The Bertz CT molecular complexity index is 559. The zero-order chi connectivity index (χ0) is 13.8. The van der Waals surface area contributed by atoms with Crippen LogP contribution in [0.25, 0.3) is 0 Å². The third kappa shape index (κ3) is 3.24. The Kier molecular flexibility index (Phi) is 4.39. The Morgan fingerprint density at radius 3 is 3.00 bits per heavy atom. The minimum absolute atomic E-state index is 0.0987. The van der Waals surface area contributed by atoms with Crippen molar-refractivity contribution in [3.05, 3.63) is 41.4 Å². The smallest absolute Gasteiger partial charge is 0.207 e. The van der Waals surface area contributed by atoms with Gasteiger partial charge in [0.05, 0.1) is 17.7 Å². The largest absolute Gasteiger partial charge is 0.383 e. The molecule has 1 N–H and O–H groups in total. The van der Waals surface area contributed by atoms with Crippen molar-refractivity contribution in [2.75, 3.05) is 19.0 Å². The third-order valence-electron chi connectivity index (χ3n) is 2.73. The second kappa shape index (κ2) is 6.04. The van der Waals surface area contributed by atoms with Gasteiger partial charge in [0.2, 0.25) is 5.95 Å². The highest BCUT2D eigenvalue weighted by Gasteiger charge is 2.10. The van der Waals surface area contributed by atoms with Crippen LogP contribution in [0.15, 0.2) is 30.6 Å². The van der Waals surface area contributed by atoms with E-state index in [0.29, 0.717) is 18.2 Å². The molecule has 102 valence electrons. The number of nitrogens with one attached hydrogen (secondary N) is 1. The van der Waals surface area contributed by atoms with Gasteiger partial charge in [-0.25, -0.2) is 9.37 Å². The van der Waals surface area contributed by atoms with E-state index in [-0.39, 0.29) is 11.1 Å². The van der Waals surface area contributed by atoms with Gasteiger partial charge in [-0.1, -0.05) is 11.6 Å². The second-order valence-corrected chi connectivity index (χ2v) is 4.62. The first-order valence-electron chi connectivity index (χ1n) is 5.85. The number of hydrogen-bond donors (Lipinski definition) is 1. The van der Waals surface area contributed by atoms with Crippen LogP contribution < -0.4 is 5.32 Å². The summed E-state index contributed by atoms with van der Waals surface area (Å²) in [6.07, 6.45) is 3.53. The van der Waals surface area contributed by atoms with Crippen molar-refractivity contribution in [1.29, 1.82) is 0 Å². The van der Waals surface area contributed by atoms with Crippen molar-refractivity contribution in [3.63, 3.8) is 0 Å². The van der Waals surface area contributed by atoms with Gasteiger partial charge in [-0.2, -0.15) is 0 Å². The van der Waals surface area contributed by atoms with Crippen LogP contribution in [0.4, 0.5) is 16.0 Å². The van der Waals surface area contributed by atoms with Gasteiger partial charge in [0.1, 0.15) is 5.82 Å². The summed E-state index contributed by atoms with van der Waals surface area (Å²) in [5.74, 6) is 0.168. The molecule has 1 atom stereocenters. The van der Waals surface area contributed by atoms with Crippen molar-refractivity contribution in [2.24, 2.45) is 0 Å². The molecule has 1 unspecified atom stereocenters. The fourth-order valence-corrected chi connectivity index (χ4v) is 1.91. The zero-order valence-corrected chi connectivity index (χ0v) is 11.5. The van der Waals surface area contributed by atoms with Crippen molar-refractivity contribution in [2.45, 2.75) is 13.0 Å². The van der Waals surface area contributed by atoms with E-state index in [1.165, 1.54) is 12.1 Å². The quantitative estimate of drug-likeness (QED) is 0.911. The van der Waals surface area contributed by atoms with Crippen molar-refractivity contribution in [3.8, 4) is 0 Å². The summed E-state index contributed by atoms with van der Waals surface area (Å²) < 4.78 is 20.4. The van der Waals surface area contributed by atoms with E-state index in [0.717, 1.165) is 0 Å². The highest BCUT2D eigenvalue weighted by molar-refractivity contribution is 6.30. The van der Waals surface area contributed by atoms with Gasteiger partial charge in [0, 0.05) is 25.2 Å². The van der Waals surface area contributed by atoms with E-state index in [4.69, 9.17) is 16.3 Å². The molecule has 2 aromatic rings. The van der Waals surface area contributed by atoms with Gasteiger partial charge in [-0.3, -0.25) is 0 Å². The summed E-state index contributed by atoms with van der Waals surface area (Å²) in [6.45, 7) is 2.58. The molecular formula is C13H15ClFN3O. The zero-order valence-electron chi connectivity index (χ0n) is 10.7. The predicted molar refractivity (Wildman–Crippen MR) is 73.5 cm³/mol. The molecule has 1 aromatic carbocycles. The number of benzene rings is 1. The SMILES string of the molecule is COCC(C)n1ccnc1Nc1ccc(Cl)c(F)c1. The normalized spacial score (nSPS) is 12.4. The molecule has 19 heavy (non-hydrogen) atoms. The third-order valence-corrected chi connectivity index (χ3v) is 3.03. The summed E-state index contributed by atoms with van der Waals surface area (Å²) in [6, 6.07) is 4.67. The lowest BCUT2D eigenvalue weighted by atomic mass is 10.3.